The second-order valence-corrected chi connectivity index (χ2v) is 5.25. The lowest BCUT2D eigenvalue weighted by Crippen LogP contribution is -2.19. The first-order valence-corrected chi connectivity index (χ1v) is 6.80. The molecule has 6 heteroatoms. The van der Waals surface area contributed by atoms with Gasteiger partial charge < -0.3 is 9.55 Å². The van der Waals surface area contributed by atoms with E-state index in [1.807, 2.05) is 35.9 Å². The van der Waals surface area contributed by atoms with Crippen molar-refractivity contribution in [3.63, 3.8) is 0 Å². The molecule has 100 valence electrons. The van der Waals surface area contributed by atoms with Crippen molar-refractivity contribution in [3.8, 4) is 0 Å². The summed E-state index contributed by atoms with van der Waals surface area (Å²) in [7, 11) is 1.85. The standard InChI is InChI=1S/C14H11N3O2S/c1-17-10-6-2-3-7-11(10)20-14(17)16-13(19)9-5-4-8-15-12(9)18/h2-8H,1H3,(H,15,18). The third kappa shape index (κ3) is 2.10. The molecule has 0 aliphatic heterocycles. The molecule has 0 atom stereocenters. The molecule has 0 bridgehead atoms. The number of amides is 1. The predicted octanol–water partition coefficient (Wildman–Crippen LogP) is 1.67. The number of hydrogen-bond acceptors (Lipinski definition) is 3. The smallest absolute Gasteiger partial charge is 0.285 e. The molecule has 0 aliphatic rings. The van der Waals surface area contributed by atoms with Gasteiger partial charge in [0.05, 0.1) is 10.2 Å². The molecule has 0 unspecified atom stereocenters. The topological polar surface area (TPSA) is 67.2 Å². The van der Waals surface area contributed by atoms with E-state index in [4.69, 9.17) is 0 Å². The lowest BCUT2D eigenvalue weighted by Gasteiger charge is -1.94. The number of nitrogens with zero attached hydrogens (tertiary/aromatic N) is 2. The zero-order valence-electron chi connectivity index (χ0n) is 10.7. The van der Waals surface area contributed by atoms with Crippen molar-refractivity contribution in [1.29, 1.82) is 0 Å². The molecule has 1 amide bonds. The fourth-order valence-corrected chi connectivity index (χ4v) is 2.94. The van der Waals surface area contributed by atoms with E-state index in [0.29, 0.717) is 4.80 Å². The highest BCUT2D eigenvalue weighted by molar-refractivity contribution is 7.16. The van der Waals surface area contributed by atoms with E-state index in [9.17, 15) is 9.59 Å². The van der Waals surface area contributed by atoms with Gasteiger partial charge in [-0.15, -0.1) is 0 Å². The Balaban J connectivity index is 2.16. The molecular weight excluding hydrogens is 274 g/mol. The van der Waals surface area contributed by atoms with Crippen molar-refractivity contribution in [2.75, 3.05) is 0 Å². The first kappa shape index (κ1) is 12.6. The number of thiazole rings is 1. The van der Waals surface area contributed by atoms with Crippen LogP contribution in [0.3, 0.4) is 0 Å². The van der Waals surface area contributed by atoms with Gasteiger partial charge in [0.2, 0.25) is 0 Å². The quantitative estimate of drug-likeness (QED) is 0.739. The van der Waals surface area contributed by atoms with Gasteiger partial charge in [-0.1, -0.05) is 23.5 Å². The second kappa shape index (κ2) is 4.90. The minimum Gasteiger partial charge on any atom is -0.328 e. The predicted molar refractivity (Wildman–Crippen MR) is 77.8 cm³/mol. The van der Waals surface area contributed by atoms with Crippen LogP contribution < -0.4 is 10.4 Å². The lowest BCUT2D eigenvalue weighted by molar-refractivity contribution is 0.0996. The number of fused-ring (bicyclic) bond motifs is 1. The van der Waals surface area contributed by atoms with Gasteiger partial charge in [0.1, 0.15) is 5.56 Å². The second-order valence-electron chi connectivity index (χ2n) is 4.24. The third-order valence-corrected chi connectivity index (χ3v) is 4.07. The molecule has 0 saturated carbocycles. The third-order valence-electron chi connectivity index (χ3n) is 2.96. The van der Waals surface area contributed by atoms with Crippen LogP contribution in [-0.2, 0) is 7.05 Å². The Kier molecular flexibility index (Phi) is 3.08. The van der Waals surface area contributed by atoms with Crippen LogP contribution in [0.4, 0.5) is 0 Å². The SMILES string of the molecule is Cn1c(=NC(=O)c2ccc[nH]c2=O)sc2ccccc21. The number of aryl methyl sites for hydroxylation is 1. The van der Waals surface area contributed by atoms with Crippen LogP contribution in [0.15, 0.2) is 52.4 Å². The number of aromatic amines is 1. The van der Waals surface area contributed by atoms with Crippen molar-refractivity contribution in [2.45, 2.75) is 0 Å². The maximum atomic E-state index is 12.1. The van der Waals surface area contributed by atoms with Crippen molar-refractivity contribution < 1.29 is 4.79 Å². The Labute approximate surface area is 117 Å². The summed E-state index contributed by atoms with van der Waals surface area (Å²) in [6, 6.07) is 10.9. The monoisotopic (exact) mass is 285 g/mol. The molecule has 3 aromatic rings. The van der Waals surface area contributed by atoms with Crippen molar-refractivity contribution in [3.05, 3.63) is 63.3 Å². The van der Waals surface area contributed by atoms with Gasteiger partial charge >= 0.3 is 0 Å². The molecular formula is C14H11N3O2S. The van der Waals surface area contributed by atoms with E-state index >= 15 is 0 Å². The van der Waals surface area contributed by atoms with Crippen LogP contribution in [-0.4, -0.2) is 15.5 Å². The van der Waals surface area contributed by atoms with Crippen LogP contribution in [0, 0.1) is 0 Å². The van der Waals surface area contributed by atoms with Crippen LogP contribution in [0.25, 0.3) is 10.2 Å². The number of carbonyl (C=O) groups excluding carboxylic acids is 1. The van der Waals surface area contributed by atoms with Crippen molar-refractivity contribution >= 4 is 27.5 Å². The number of para-hydroxylation sites is 1. The summed E-state index contributed by atoms with van der Waals surface area (Å²) in [6.07, 6.45) is 1.48. The number of rotatable bonds is 1. The van der Waals surface area contributed by atoms with Gasteiger partial charge in [-0.2, -0.15) is 4.99 Å². The Bertz CT molecular complexity index is 918. The fourth-order valence-electron chi connectivity index (χ4n) is 1.93. The lowest BCUT2D eigenvalue weighted by atomic mass is 10.3. The molecule has 5 nitrogen and oxygen atoms in total. The van der Waals surface area contributed by atoms with Crippen LogP contribution in [0.1, 0.15) is 10.4 Å². The summed E-state index contributed by atoms with van der Waals surface area (Å²) in [4.78, 5) is 30.7. The number of aromatic nitrogens is 2. The highest BCUT2D eigenvalue weighted by atomic mass is 32.1. The summed E-state index contributed by atoms with van der Waals surface area (Å²) in [5.41, 5.74) is 0.626. The minimum absolute atomic E-state index is 0.0463. The molecule has 20 heavy (non-hydrogen) atoms. The van der Waals surface area contributed by atoms with Gasteiger partial charge in [0.15, 0.2) is 4.80 Å². The number of pyridine rings is 1. The molecule has 2 heterocycles. The Hall–Kier alpha value is -2.47. The van der Waals surface area contributed by atoms with Gasteiger partial charge in [-0.05, 0) is 24.3 Å². The number of benzene rings is 1. The molecule has 0 aliphatic carbocycles. The number of carbonyl (C=O) groups is 1. The average molecular weight is 285 g/mol. The van der Waals surface area contributed by atoms with Crippen molar-refractivity contribution in [2.24, 2.45) is 12.0 Å². The molecule has 1 N–H and O–H groups in total. The zero-order valence-corrected chi connectivity index (χ0v) is 11.5. The van der Waals surface area contributed by atoms with Crippen molar-refractivity contribution in [1.82, 2.24) is 9.55 Å². The van der Waals surface area contributed by atoms with Gasteiger partial charge in [-0.25, -0.2) is 0 Å². The van der Waals surface area contributed by atoms with Crippen LogP contribution >= 0.6 is 11.3 Å². The summed E-state index contributed by atoms with van der Waals surface area (Å²) >= 11 is 1.42. The highest BCUT2D eigenvalue weighted by Crippen LogP contribution is 2.15. The molecule has 0 spiro atoms. The van der Waals surface area contributed by atoms with E-state index in [0.717, 1.165) is 10.2 Å². The Morgan fingerprint density at radius 3 is 2.80 bits per heavy atom. The maximum absolute atomic E-state index is 12.1. The summed E-state index contributed by atoms with van der Waals surface area (Å²) in [5, 5.41) is 0. The fraction of sp³-hybridized carbons (Fsp3) is 0.0714. The molecule has 0 radical (unpaired) electrons. The Morgan fingerprint density at radius 1 is 1.25 bits per heavy atom. The van der Waals surface area contributed by atoms with E-state index in [1.165, 1.54) is 23.6 Å². The molecule has 1 aromatic carbocycles. The van der Waals surface area contributed by atoms with E-state index < -0.39 is 11.5 Å². The van der Waals surface area contributed by atoms with Gasteiger partial charge in [0, 0.05) is 13.2 Å². The molecule has 0 fully saturated rings. The van der Waals surface area contributed by atoms with Crippen LogP contribution in [0.5, 0.6) is 0 Å². The molecule has 0 saturated heterocycles. The first-order valence-electron chi connectivity index (χ1n) is 5.98. The largest absolute Gasteiger partial charge is 0.328 e. The summed E-state index contributed by atoms with van der Waals surface area (Å²) in [5.74, 6) is -0.533. The summed E-state index contributed by atoms with van der Waals surface area (Å²) in [6.45, 7) is 0. The maximum Gasteiger partial charge on any atom is 0.285 e. The van der Waals surface area contributed by atoms with Gasteiger partial charge in [0.25, 0.3) is 11.5 Å². The van der Waals surface area contributed by atoms with Gasteiger partial charge in [-0.3, -0.25) is 9.59 Å². The number of hydrogen-bond donors (Lipinski definition) is 1. The van der Waals surface area contributed by atoms with E-state index in [1.54, 1.807) is 6.07 Å². The van der Waals surface area contributed by atoms with Crippen LogP contribution in [0.2, 0.25) is 0 Å². The first-order chi connectivity index (χ1) is 9.66. The molecule has 3 rings (SSSR count). The Morgan fingerprint density at radius 2 is 2.05 bits per heavy atom. The van der Waals surface area contributed by atoms with E-state index in [-0.39, 0.29) is 5.56 Å². The molecule has 2 aromatic heterocycles. The zero-order chi connectivity index (χ0) is 14.1. The number of H-pyrrole nitrogens is 1. The highest BCUT2D eigenvalue weighted by Gasteiger charge is 2.09. The summed E-state index contributed by atoms with van der Waals surface area (Å²) < 4.78 is 2.89. The van der Waals surface area contributed by atoms with E-state index in [2.05, 4.69) is 9.98 Å². The normalized spacial score (nSPS) is 11.9. The average Bonchev–Trinajstić information content (AvgIpc) is 2.76. The number of nitrogens with one attached hydrogen (secondary N) is 1. The minimum atomic E-state index is -0.533.